The zero-order valence-electron chi connectivity index (χ0n) is 5.83. The van der Waals surface area contributed by atoms with Gasteiger partial charge in [0.15, 0.2) is 0 Å². The largest absolute Gasteiger partial charge is 0.265 e. The van der Waals surface area contributed by atoms with Crippen molar-refractivity contribution in [1.29, 1.82) is 0 Å². The Morgan fingerprint density at radius 1 is 1.56 bits per heavy atom. The van der Waals surface area contributed by atoms with Gasteiger partial charge in [0, 0.05) is 12.4 Å². The van der Waals surface area contributed by atoms with Crippen molar-refractivity contribution in [3.63, 3.8) is 0 Å². The topological polar surface area (TPSA) is 12.4 Å². The van der Waals surface area contributed by atoms with Crippen LogP contribution in [0, 0.1) is 5.92 Å². The number of hydrogen-bond acceptors (Lipinski definition) is 1. The van der Waals surface area contributed by atoms with Gasteiger partial charge in [-0.3, -0.25) is 4.99 Å². The van der Waals surface area contributed by atoms with E-state index in [2.05, 4.69) is 31.0 Å². The van der Waals surface area contributed by atoms with E-state index in [1.165, 1.54) is 5.57 Å². The van der Waals surface area contributed by atoms with Crippen LogP contribution in [0.4, 0.5) is 0 Å². The summed E-state index contributed by atoms with van der Waals surface area (Å²) in [6.07, 6.45) is 7.98. The van der Waals surface area contributed by atoms with Crippen LogP contribution in [0.3, 0.4) is 0 Å². The Labute approximate surface area is 55.8 Å². The van der Waals surface area contributed by atoms with Gasteiger partial charge in [-0.1, -0.05) is 19.1 Å². The van der Waals surface area contributed by atoms with Gasteiger partial charge in [0.2, 0.25) is 0 Å². The second-order valence-electron chi connectivity index (χ2n) is 2.39. The number of hydrogen-bond donors (Lipinski definition) is 0. The maximum atomic E-state index is 4.03. The highest BCUT2D eigenvalue weighted by molar-refractivity contribution is 5.78. The molecule has 0 amide bonds. The molecule has 1 aliphatic rings. The fraction of sp³-hybridized carbons (Fsp3) is 0.375. The van der Waals surface area contributed by atoms with Crippen molar-refractivity contribution in [2.75, 3.05) is 0 Å². The van der Waals surface area contributed by atoms with E-state index >= 15 is 0 Å². The molecule has 0 saturated heterocycles. The summed E-state index contributed by atoms with van der Waals surface area (Å²) in [7, 11) is 0. The van der Waals surface area contributed by atoms with E-state index in [-0.39, 0.29) is 0 Å². The van der Waals surface area contributed by atoms with Gasteiger partial charge in [0.25, 0.3) is 0 Å². The Morgan fingerprint density at radius 3 is 3.11 bits per heavy atom. The summed E-state index contributed by atoms with van der Waals surface area (Å²) >= 11 is 0. The van der Waals surface area contributed by atoms with Crippen molar-refractivity contribution < 1.29 is 0 Å². The number of allylic oxidation sites excluding steroid dienone is 3. The molecule has 0 spiro atoms. The fourth-order valence-corrected chi connectivity index (χ4v) is 0.859. The minimum Gasteiger partial charge on any atom is -0.265 e. The molecule has 1 heteroatoms. The minimum absolute atomic E-state index is 0.535. The quantitative estimate of drug-likeness (QED) is 0.465. The lowest BCUT2D eigenvalue weighted by atomic mass is 10.1. The van der Waals surface area contributed by atoms with Crippen LogP contribution in [-0.2, 0) is 0 Å². The molecule has 1 heterocycles. The summed E-state index contributed by atoms with van der Waals surface area (Å²) in [5.41, 5.74) is 1.24. The minimum atomic E-state index is 0.535. The lowest BCUT2D eigenvalue weighted by molar-refractivity contribution is 0.933. The van der Waals surface area contributed by atoms with Crippen LogP contribution < -0.4 is 0 Å². The second kappa shape index (κ2) is 2.62. The van der Waals surface area contributed by atoms with Crippen molar-refractivity contribution in [1.82, 2.24) is 0 Å². The molecule has 0 aliphatic carbocycles. The predicted molar refractivity (Wildman–Crippen MR) is 40.6 cm³/mol. The first-order valence-corrected chi connectivity index (χ1v) is 3.17. The van der Waals surface area contributed by atoms with Gasteiger partial charge in [-0.05, 0) is 18.4 Å². The molecule has 48 valence electrons. The predicted octanol–water partition coefficient (Wildman–Crippen LogP) is 2.17. The van der Waals surface area contributed by atoms with Gasteiger partial charge in [-0.2, -0.15) is 0 Å². The fourth-order valence-electron chi connectivity index (χ4n) is 0.859. The Hall–Kier alpha value is -0.850. The highest BCUT2D eigenvalue weighted by Gasteiger charge is 1.93. The molecule has 1 unspecified atom stereocenters. The van der Waals surface area contributed by atoms with E-state index in [4.69, 9.17) is 0 Å². The van der Waals surface area contributed by atoms with Gasteiger partial charge in [-0.25, -0.2) is 0 Å². The third-order valence-electron chi connectivity index (χ3n) is 1.28. The number of aliphatic imine (C=N–C) groups is 1. The molecular weight excluding hydrogens is 110 g/mol. The van der Waals surface area contributed by atoms with Crippen LogP contribution in [-0.4, -0.2) is 6.21 Å². The lowest BCUT2D eigenvalue weighted by Crippen LogP contribution is -1.82. The van der Waals surface area contributed by atoms with E-state index in [0.717, 1.165) is 0 Å². The third-order valence-corrected chi connectivity index (χ3v) is 1.28. The van der Waals surface area contributed by atoms with E-state index < -0.39 is 0 Å². The standard InChI is InChI=1S/C8H11N/c1-7-3-4-9-6-8(2)5-7/h3-7H,1-2H3. The van der Waals surface area contributed by atoms with E-state index in [0.29, 0.717) is 5.92 Å². The maximum absolute atomic E-state index is 4.03. The van der Waals surface area contributed by atoms with E-state index in [1.807, 2.05) is 12.4 Å². The van der Waals surface area contributed by atoms with Gasteiger partial charge < -0.3 is 0 Å². The zero-order valence-corrected chi connectivity index (χ0v) is 5.83. The van der Waals surface area contributed by atoms with Crippen LogP contribution in [0.25, 0.3) is 0 Å². The van der Waals surface area contributed by atoms with E-state index in [9.17, 15) is 0 Å². The van der Waals surface area contributed by atoms with Crippen molar-refractivity contribution in [3.8, 4) is 0 Å². The summed E-state index contributed by atoms with van der Waals surface area (Å²) in [6.45, 7) is 4.21. The molecule has 1 rings (SSSR count). The van der Waals surface area contributed by atoms with Crippen molar-refractivity contribution >= 4 is 6.21 Å². The molecule has 0 aromatic heterocycles. The van der Waals surface area contributed by atoms with Gasteiger partial charge >= 0.3 is 0 Å². The van der Waals surface area contributed by atoms with Crippen molar-refractivity contribution in [2.24, 2.45) is 10.9 Å². The first kappa shape index (κ1) is 6.27. The molecule has 1 nitrogen and oxygen atoms in total. The maximum Gasteiger partial charge on any atom is 0.0293 e. The van der Waals surface area contributed by atoms with Crippen LogP contribution in [0.5, 0.6) is 0 Å². The smallest absolute Gasteiger partial charge is 0.0293 e. The molecule has 0 aromatic carbocycles. The molecule has 0 bridgehead atoms. The average Bonchev–Trinajstić information content (AvgIpc) is 1.93. The van der Waals surface area contributed by atoms with Crippen LogP contribution >= 0.6 is 0 Å². The summed E-state index contributed by atoms with van der Waals surface area (Å²) in [5, 5.41) is 0. The highest BCUT2D eigenvalue weighted by Crippen LogP contribution is 2.05. The van der Waals surface area contributed by atoms with Gasteiger partial charge in [0.05, 0.1) is 0 Å². The van der Waals surface area contributed by atoms with Crippen LogP contribution in [0.15, 0.2) is 28.9 Å². The number of nitrogens with zero attached hydrogens (tertiary/aromatic N) is 1. The van der Waals surface area contributed by atoms with Crippen LogP contribution in [0.2, 0.25) is 0 Å². The molecule has 0 fully saturated rings. The third kappa shape index (κ3) is 1.84. The summed E-state index contributed by atoms with van der Waals surface area (Å²) in [5.74, 6) is 0.535. The SMILES string of the molecule is CC1=CC(C)C=CN=C1. The Kier molecular flexibility index (Phi) is 1.83. The second-order valence-corrected chi connectivity index (χ2v) is 2.39. The molecular formula is C8H11N. The summed E-state index contributed by atoms with van der Waals surface area (Å²) in [6, 6.07) is 0. The molecule has 9 heavy (non-hydrogen) atoms. The number of rotatable bonds is 0. The molecule has 0 N–H and O–H groups in total. The first-order chi connectivity index (χ1) is 4.29. The van der Waals surface area contributed by atoms with Crippen molar-refractivity contribution in [3.05, 3.63) is 23.9 Å². The van der Waals surface area contributed by atoms with E-state index in [1.54, 1.807) is 0 Å². The normalized spacial score (nSPS) is 25.6. The Balaban J connectivity index is 2.77. The van der Waals surface area contributed by atoms with Gasteiger partial charge in [0.1, 0.15) is 0 Å². The zero-order chi connectivity index (χ0) is 6.69. The summed E-state index contributed by atoms with van der Waals surface area (Å²) < 4.78 is 0. The van der Waals surface area contributed by atoms with Crippen LogP contribution in [0.1, 0.15) is 13.8 Å². The van der Waals surface area contributed by atoms with Crippen molar-refractivity contribution in [2.45, 2.75) is 13.8 Å². The Bertz CT molecular complexity index is 175. The molecule has 0 radical (unpaired) electrons. The summed E-state index contributed by atoms with van der Waals surface area (Å²) in [4.78, 5) is 4.03. The molecule has 1 atom stereocenters. The molecule has 0 aromatic rings. The van der Waals surface area contributed by atoms with Gasteiger partial charge in [-0.15, -0.1) is 0 Å². The highest BCUT2D eigenvalue weighted by atomic mass is 14.7. The molecule has 1 aliphatic heterocycles. The monoisotopic (exact) mass is 121 g/mol. The average molecular weight is 121 g/mol. The first-order valence-electron chi connectivity index (χ1n) is 3.17. The lowest BCUT2D eigenvalue weighted by Gasteiger charge is -1.93. The molecule has 0 saturated carbocycles. The Morgan fingerprint density at radius 2 is 2.33 bits per heavy atom.